The number of thiol groups is 1. The van der Waals surface area contributed by atoms with Crippen molar-refractivity contribution in [3.8, 4) is 0 Å². The number of rotatable bonds is 1. The van der Waals surface area contributed by atoms with Gasteiger partial charge in [0.15, 0.2) is 0 Å². The predicted molar refractivity (Wildman–Crippen MR) is 60.2 cm³/mol. The lowest BCUT2D eigenvalue weighted by atomic mass is 10.2. The average molecular weight is 277 g/mol. The summed E-state index contributed by atoms with van der Waals surface area (Å²) in [5.74, 6) is 0. The Morgan fingerprint density at radius 3 is 1.93 bits per heavy atom. The topological polar surface area (TPSA) is 0 Å². The van der Waals surface area contributed by atoms with E-state index in [0.717, 1.165) is 12.1 Å². The Hall–Kier alpha value is 0.300. The summed E-state index contributed by atoms with van der Waals surface area (Å²) < 4.78 is 34.0. The zero-order chi connectivity index (χ0) is 11.0. The van der Waals surface area contributed by atoms with Gasteiger partial charge in [-0.2, -0.15) is 13.2 Å². The van der Waals surface area contributed by atoms with Gasteiger partial charge in [0.1, 0.15) is 4.59 Å². The molecule has 0 aliphatic carbocycles. The van der Waals surface area contributed by atoms with Crippen molar-refractivity contribution in [1.82, 2.24) is 0 Å². The third-order valence-electron chi connectivity index (χ3n) is 1.51. The summed E-state index contributed by atoms with van der Waals surface area (Å²) >= 11 is 14.5. The van der Waals surface area contributed by atoms with E-state index in [2.05, 4.69) is 12.2 Å². The van der Waals surface area contributed by atoms with E-state index < -0.39 is 16.3 Å². The Bertz CT molecular complexity index is 368. The predicted octanol–water partition coefficient (Wildman–Crippen LogP) is 3.81. The van der Waals surface area contributed by atoms with Gasteiger partial charge < -0.3 is 0 Å². The van der Waals surface area contributed by atoms with Crippen LogP contribution in [0.2, 0.25) is 0 Å². The number of benzene rings is 1. The van der Waals surface area contributed by atoms with E-state index in [1.54, 1.807) is 0 Å². The van der Waals surface area contributed by atoms with Crippen molar-refractivity contribution in [3.63, 3.8) is 0 Å². The molecule has 0 aliphatic heterocycles. The highest BCUT2D eigenvalue weighted by Gasteiger charge is 2.30. The minimum absolute atomic E-state index is 0.463. The minimum atomic E-state index is -4.33. The molecule has 0 amide bonds. The Kier molecular flexibility index (Phi) is 3.58. The minimum Gasteiger partial charge on any atom is -0.166 e. The molecule has 0 aromatic heterocycles. The molecular formula is C7H5ClF3PS2. The quantitative estimate of drug-likeness (QED) is 0.601. The summed E-state index contributed by atoms with van der Waals surface area (Å²) in [4.78, 5) is 0. The molecule has 1 unspecified atom stereocenters. The first-order valence-corrected chi connectivity index (χ1v) is 8.27. The summed E-state index contributed by atoms with van der Waals surface area (Å²) in [7, 11) is 0. The molecule has 0 saturated carbocycles. The molecule has 78 valence electrons. The highest BCUT2D eigenvalue weighted by atomic mass is 35.7. The molecule has 0 nitrogen and oxygen atoms in total. The van der Waals surface area contributed by atoms with Crippen molar-refractivity contribution >= 4 is 45.2 Å². The smallest absolute Gasteiger partial charge is 0.166 e. The maximum Gasteiger partial charge on any atom is 0.416 e. The maximum atomic E-state index is 12.1. The van der Waals surface area contributed by atoms with Crippen LogP contribution in [-0.4, -0.2) is 0 Å². The van der Waals surface area contributed by atoms with Crippen LogP contribution in [0.25, 0.3) is 0 Å². The molecule has 0 bridgehead atoms. The van der Waals surface area contributed by atoms with Gasteiger partial charge in [-0.3, -0.25) is 0 Å². The van der Waals surface area contributed by atoms with Crippen molar-refractivity contribution < 1.29 is 13.2 Å². The molecule has 0 saturated heterocycles. The zero-order valence-corrected chi connectivity index (χ0v) is 9.99. The van der Waals surface area contributed by atoms with Crippen LogP contribution in [0.5, 0.6) is 0 Å². The van der Waals surface area contributed by atoms with Crippen LogP contribution < -0.4 is 5.30 Å². The fourth-order valence-corrected chi connectivity index (χ4v) is 2.45. The molecule has 0 spiro atoms. The molecule has 1 atom stereocenters. The first-order valence-electron chi connectivity index (χ1n) is 3.41. The molecule has 7 heteroatoms. The van der Waals surface area contributed by atoms with Crippen LogP contribution in [-0.2, 0) is 18.0 Å². The lowest BCUT2D eigenvalue weighted by Crippen LogP contribution is -2.07. The van der Waals surface area contributed by atoms with E-state index >= 15 is 0 Å². The third-order valence-corrected chi connectivity index (χ3v) is 4.36. The zero-order valence-electron chi connectivity index (χ0n) is 6.62. The van der Waals surface area contributed by atoms with Crippen molar-refractivity contribution in [2.75, 3.05) is 0 Å². The summed E-state index contributed by atoms with van der Waals surface area (Å²) in [6, 6.07) is 4.44. The van der Waals surface area contributed by atoms with Gasteiger partial charge in [0.25, 0.3) is 0 Å². The second-order valence-corrected chi connectivity index (χ2v) is 11.2. The Morgan fingerprint density at radius 2 is 1.64 bits per heavy atom. The SMILES string of the molecule is FC(F)(F)c1ccc(P(=S)(S)Cl)cc1. The molecular weight excluding hydrogens is 272 g/mol. The molecule has 0 heterocycles. The van der Waals surface area contributed by atoms with Gasteiger partial charge in [-0.05, 0) is 12.1 Å². The van der Waals surface area contributed by atoms with E-state index in [1.807, 2.05) is 0 Å². The standard InChI is InChI=1S/C7H5ClF3PS2/c8-12(13,14)6-3-1-5(2-4-6)7(9,10)11/h1-4H,(H,13,14). The third kappa shape index (κ3) is 3.16. The maximum absolute atomic E-state index is 12.1. The van der Waals surface area contributed by atoms with Gasteiger partial charge in [-0.1, -0.05) is 35.2 Å². The fourth-order valence-electron chi connectivity index (χ4n) is 0.834. The van der Waals surface area contributed by atoms with Gasteiger partial charge >= 0.3 is 6.18 Å². The molecule has 14 heavy (non-hydrogen) atoms. The van der Waals surface area contributed by atoms with Gasteiger partial charge in [-0.15, -0.1) is 12.2 Å². The lowest BCUT2D eigenvalue weighted by molar-refractivity contribution is -0.137. The van der Waals surface area contributed by atoms with Crippen molar-refractivity contribution in [3.05, 3.63) is 29.8 Å². The largest absolute Gasteiger partial charge is 0.416 e. The normalized spacial score (nSPS) is 16.4. The number of hydrogen-bond acceptors (Lipinski definition) is 1. The highest BCUT2D eigenvalue weighted by molar-refractivity contribution is 8.73. The first kappa shape index (κ1) is 12.4. The van der Waals surface area contributed by atoms with Crippen LogP contribution in [0.3, 0.4) is 0 Å². The van der Waals surface area contributed by atoms with Crippen LogP contribution in [0.1, 0.15) is 5.56 Å². The fraction of sp³-hybridized carbons (Fsp3) is 0.143. The highest BCUT2D eigenvalue weighted by Crippen LogP contribution is 2.55. The van der Waals surface area contributed by atoms with Crippen molar-refractivity contribution in [1.29, 1.82) is 0 Å². The molecule has 1 rings (SSSR count). The molecule has 0 N–H and O–H groups in total. The Balaban J connectivity index is 3.08. The molecule has 1 aromatic carbocycles. The van der Waals surface area contributed by atoms with Gasteiger partial charge in [0.2, 0.25) is 0 Å². The second kappa shape index (κ2) is 4.05. The molecule has 0 radical (unpaired) electrons. The number of hydrogen-bond donors (Lipinski definition) is 1. The number of alkyl halides is 3. The number of halogens is 4. The molecule has 0 aliphatic rings. The van der Waals surface area contributed by atoms with Gasteiger partial charge in [0, 0.05) is 5.30 Å². The van der Waals surface area contributed by atoms with E-state index in [-0.39, 0.29) is 0 Å². The Morgan fingerprint density at radius 1 is 1.21 bits per heavy atom. The van der Waals surface area contributed by atoms with Crippen LogP contribution in [0, 0.1) is 0 Å². The Labute approximate surface area is 94.4 Å². The average Bonchev–Trinajstić information content (AvgIpc) is 2.01. The summed E-state index contributed by atoms with van der Waals surface area (Å²) in [6.45, 7) is 0. The second-order valence-electron chi connectivity index (χ2n) is 2.55. The van der Waals surface area contributed by atoms with Crippen LogP contribution >= 0.6 is 28.1 Å². The summed E-state index contributed by atoms with van der Waals surface area (Å²) in [6.07, 6.45) is -4.33. The molecule has 0 fully saturated rings. The van der Waals surface area contributed by atoms with Crippen molar-refractivity contribution in [2.45, 2.75) is 6.18 Å². The van der Waals surface area contributed by atoms with E-state index in [0.29, 0.717) is 5.30 Å². The first-order chi connectivity index (χ1) is 6.21. The van der Waals surface area contributed by atoms with E-state index in [1.165, 1.54) is 12.1 Å². The van der Waals surface area contributed by atoms with Gasteiger partial charge in [0.05, 0.1) is 5.56 Å². The van der Waals surface area contributed by atoms with E-state index in [4.69, 9.17) is 23.0 Å². The summed E-state index contributed by atoms with van der Waals surface area (Å²) in [5.41, 5.74) is -0.713. The monoisotopic (exact) mass is 276 g/mol. The summed E-state index contributed by atoms with van der Waals surface area (Å²) in [5, 5.41) is 0.463. The van der Waals surface area contributed by atoms with Crippen molar-refractivity contribution in [2.24, 2.45) is 0 Å². The van der Waals surface area contributed by atoms with Gasteiger partial charge in [-0.25, -0.2) is 0 Å². The molecule has 1 aromatic rings. The van der Waals surface area contributed by atoms with E-state index in [9.17, 15) is 13.2 Å². The lowest BCUT2D eigenvalue weighted by Gasteiger charge is -2.09. The van der Waals surface area contributed by atoms with Crippen LogP contribution in [0.15, 0.2) is 24.3 Å². The van der Waals surface area contributed by atoms with Crippen LogP contribution in [0.4, 0.5) is 13.2 Å².